The number of furan rings is 1. The van der Waals surface area contributed by atoms with Crippen LogP contribution >= 0.6 is 0 Å². The predicted molar refractivity (Wildman–Crippen MR) is 138 cm³/mol. The van der Waals surface area contributed by atoms with Gasteiger partial charge in [0.2, 0.25) is 11.8 Å². The van der Waals surface area contributed by atoms with Crippen LogP contribution in [0.25, 0.3) is 33.1 Å². The smallest absolute Gasteiger partial charge is 0.340 e. The van der Waals surface area contributed by atoms with Crippen LogP contribution in [0.5, 0.6) is 0 Å². The molecule has 198 valence electrons. The number of carbonyl (C=O) groups excluding carboxylic acids is 2. The fourth-order valence-electron chi connectivity index (χ4n) is 4.39. The standard InChI is InChI=1S/C28H27FN2O7/c1-13(2)24(27(34)35)31-23(33)11-30-22(32)10-19-14(3)18-9-20-21(16-5-7-17(29)8-6-16)12-37-25(20)15(4)26(18)38-28(19)36/h5-9,12-13,24H,10-11H2,1-4H3,(H,30,32)(H,31,33)(H,34,35). The largest absolute Gasteiger partial charge is 0.480 e. The van der Waals surface area contributed by atoms with E-state index >= 15 is 0 Å². The molecule has 2 aromatic carbocycles. The van der Waals surface area contributed by atoms with Crippen LogP contribution in [0.1, 0.15) is 30.5 Å². The summed E-state index contributed by atoms with van der Waals surface area (Å²) in [4.78, 5) is 48.8. The number of benzene rings is 2. The molecule has 0 saturated heterocycles. The number of rotatable bonds is 8. The molecular weight excluding hydrogens is 495 g/mol. The average molecular weight is 523 g/mol. The minimum absolute atomic E-state index is 0.131. The molecule has 0 radical (unpaired) electrons. The van der Waals surface area contributed by atoms with E-state index in [0.717, 1.165) is 16.5 Å². The van der Waals surface area contributed by atoms with E-state index in [-0.39, 0.29) is 23.7 Å². The molecule has 2 aromatic heterocycles. The molecule has 3 N–H and O–H groups in total. The molecule has 0 saturated carbocycles. The molecule has 2 heterocycles. The van der Waals surface area contributed by atoms with Crippen LogP contribution in [0.15, 0.2) is 50.2 Å². The number of carbonyl (C=O) groups is 3. The zero-order valence-electron chi connectivity index (χ0n) is 21.3. The van der Waals surface area contributed by atoms with Gasteiger partial charge < -0.3 is 24.6 Å². The van der Waals surface area contributed by atoms with Gasteiger partial charge >= 0.3 is 11.6 Å². The Morgan fingerprint density at radius 3 is 2.32 bits per heavy atom. The summed E-state index contributed by atoms with van der Waals surface area (Å²) in [6.07, 6.45) is 1.22. The fraction of sp³-hybridized carbons (Fsp3) is 0.286. The Kier molecular flexibility index (Phi) is 7.34. The van der Waals surface area contributed by atoms with Gasteiger partial charge in [0.1, 0.15) is 23.0 Å². The third kappa shape index (κ3) is 5.15. The monoisotopic (exact) mass is 522 g/mol. The maximum Gasteiger partial charge on any atom is 0.340 e. The molecule has 38 heavy (non-hydrogen) atoms. The van der Waals surface area contributed by atoms with E-state index < -0.39 is 36.0 Å². The number of hydrogen-bond acceptors (Lipinski definition) is 6. The third-order valence-corrected chi connectivity index (χ3v) is 6.53. The Labute approximate surface area is 216 Å². The molecular formula is C28H27FN2O7. The van der Waals surface area contributed by atoms with Crippen LogP contribution < -0.4 is 16.3 Å². The lowest BCUT2D eigenvalue weighted by Gasteiger charge is -2.18. The summed E-state index contributed by atoms with van der Waals surface area (Å²) in [6, 6.07) is 6.72. The van der Waals surface area contributed by atoms with Gasteiger partial charge in [-0.15, -0.1) is 0 Å². The third-order valence-electron chi connectivity index (χ3n) is 6.53. The van der Waals surface area contributed by atoms with Crippen LogP contribution in [-0.4, -0.2) is 35.5 Å². The van der Waals surface area contributed by atoms with Gasteiger partial charge in [-0.05, 0) is 49.1 Å². The first-order chi connectivity index (χ1) is 18.0. The summed E-state index contributed by atoms with van der Waals surface area (Å²) in [5, 5.41) is 15.3. The van der Waals surface area contributed by atoms with Gasteiger partial charge in [0.15, 0.2) is 0 Å². The molecule has 10 heteroatoms. The van der Waals surface area contributed by atoms with Crippen LogP contribution in [0, 0.1) is 25.6 Å². The number of nitrogens with one attached hydrogen (secondary N) is 2. The highest BCUT2D eigenvalue weighted by Gasteiger charge is 2.24. The lowest BCUT2D eigenvalue weighted by Crippen LogP contribution is -2.48. The molecule has 0 fully saturated rings. The van der Waals surface area contributed by atoms with Crippen LogP contribution in [0.4, 0.5) is 4.39 Å². The number of hydrogen-bond donors (Lipinski definition) is 3. The van der Waals surface area contributed by atoms with Gasteiger partial charge in [-0.25, -0.2) is 14.0 Å². The summed E-state index contributed by atoms with van der Waals surface area (Å²) in [5.41, 5.74) is 2.93. The topological polar surface area (TPSA) is 139 Å². The molecule has 4 rings (SSSR count). The number of aliphatic carboxylic acids is 1. The zero-order valence-corrected chi connectivity index (χ0v) is 21.3. The molecule has 1 atom stereocenters. The van der Waals surface area contributed by atoms with Crippen molar-refractivity contribution < 1.29 is 32.7 Å². The molecule has 9 nitrogen and oxygen atoms in total. The van der Waals surface area contributed by atoms with Crippen molar-refractivity contribution in [1.82, 2.24) is 10.6 Å². The van der Waals surface area contributed by atoms with Crippen molar-refractivity contribution in [3.05, 3.63) is 69.5 Å². The number of carboxylic acids is 1. The molecule has 2 amide bonds. The van der Waals surface area contributed by atoms with E-state index in [2.05, 4.69) is 10.6 Å². The maximum atomic E-state index is 13.4. The van der Waals surface area contributed by atoms with Crippen molar-refractivity contribution in [2.45, 2.75) is 40.2 Å². The van der Waals surface area contributed by atoms with Gasteiger partial charge in [0.05, 0.1) is 24.8 Å². The SMILES string of the molecule is Cc1c(CC(=O)NCC(=O)NC(C(=O)O)C(C)C)c(=O)oc2c(C)c3occ(-c4ccc(F)cc4)c3cc12. The Hall–Kier alpha value is -4.47. The summed E-state index contributed by atoms with van der Waals surface area (Å²) in [7, 11) is 0. The van der Waals surface area contributed by atoms with Crippen LogP contribution in [-0.2, 0) is 20.8 Å². The number of carboxylic acid groups (broad SMARTS) is 1. The highest BCUT2D eigenvalue weighted by Crippen LogP contribution is 2.37. The second-order valence-electron chi connectivity index (χ2n) is 9.49. The Balaban J connectivity index is 1.61. The molecule has 0 aliphatic carbocycles. The van der Waals surface area contributed by atoms with E-state index in [0.29, 0.717) is 27.7 Å². The summed E-state index contributed by atoms with van der Waals surface area (Å²) < 4.78 is 24.8. The van der Waals surface area contributed by atoms with Crippen LogP contribution in [0.3, 0.4) is 0 Å². The molecule has 4 aromatic rings. The number of halogens is 1. The zero-order chi connectivity index (χ0) is 27.7. The minimum atomic E-state index is -1.17. The molecule has 0 bridgehead atoms. The van der Waals surface area contributed by atoms with Crippen molar-refractivity contribution >= 4 is 39.7 Å². The Morgan fingerprint density at radius 1 is 1.00 bits per heavy atom. The van der Waals surface area contributed by atoms with Crippen molar-refractivity contribution in [3.8, 4) is 11.1 Å². The van der Waals surface area contributed by atoms with Gasteiger partial charge in [0.25, 0.3) is 0 Å². The first kappa shape index (κ1) is 26.6. The van der Waals surface area contributed by atoms with E-state index in [4.69, 9.17) is 8.83 Å². The summed E-state index contributed by atoms with van der Waals surface area (Å²) in [5.74, 6) is -3.13. The summed E-state index contributed by atoms with van der Waals surface area (Å²) in [6.45, 7) is 6.33. The summed E-state index contributed by atoms with van der Waals surface area (Å²) >= 11 is 0. The van der Waals surface area contributed by atoms with E-state index in [1.54, 1.807) is 46.1 Å². The van der Waals surface area contributed by atoms with Gasteiger partial charge in [-0.2, -0.15) is 0 Å². The van der Waals surface area contributed by atoms with Crippen molar-refractivity contribution in [2.75, 3.05) is 6.54 Å². The second-order valence-corrected chi connectivity index (χ2v) is 9.49. The van der Waals surface area contributed by atoms with Crippen LogP contribution in [0.2, 0.25) is 0 Å². The van der Waals surface area contributed by atoms with E-state index in [1.807, 2.05) is 6.07 Å². The van der Waals surface area contributed by atoms with Gasteiger partial charge in [-0.3, -0.25) is 9.59 Å². The maximum absolute atomic E-state index is 13.4. The van der Waals surface area contributed by atoms with Crippen molar-refractivity contribution in [2.24, 2.45) is 5.92 Å². The lowest BCUT2D eigenvalue weighted by molar-refractivity contribution is -0.143. The molecule has 1 unspecified atom stereocenters. The quantitative estimate of drug-likeness (QED) is 0.299. The van der Waals surface area contributed by atoms with E-state index in [1.165, 1.54) is 12.1 Å². The second kappa shape index (κ2) is 10.5. The Morgan fingerprint density at radius 2 is 1.68 bits per heavy atom. The van der Waals surface area contributed by atoms with Crippen molar-refractivity contribution in [3.63, 3.8) is 0 Å². The molecule has 0 aliphatic rings. The fourth-order valence-corrected chi connectivity index (χ4v) is 4.39. The highest BCUT2D eigenvalue weighted by molar-refractivity contribution is 6.05. The van der Waals surface area contributed by atoms with E-state index in [9.17, 15) is 28.7 Å². The van der Waals surface area contributed by atoms with Gasteiger partial charge in [0, 0.05) is 21.9 Å². The van der Waals surface area contributed by atoms with Crippen molar-refractivity contribution in [1.29, 1.82) is 0 Å². The first-order valence-electron chi connectivity index (χ1n) is 12.0. The highest BCUT2D eigenvalue weighted by atomic mass is 19.1. The molecule has 0 spiro atoms. The average Bonchev–Trinajstić information content (AvgIpc) is 3.29. The lowest BCUT2D eigenvalue weighted by atomic mass is 9.97. The predicted octanol–water partition coefficient (Wildman–Crippen LogP) is 3.85. The number of aryl methyl sites for hydroxylation is 2. The number of fused-ring (bicyclic) bond motifs is 2. The van der Waals surface area contributed by atoms with Gasteiger partial charge in [-0.1, -0.05) is 26.0 Å². The minimum Gasteiger partial charge on any atom is -0.480 e. The molecule has 0 aliphatic heterocycles. The first-order valence-corrected chi connectivity index (χ1v) is 12.0. The number of amides is 2. The Bertz CT molecular complexity index is 1620. The normalized spacial score (nSPS) is 12.2.